The third kappa shape index (κ3) is 7.65. The van der Waals surface area contributed by atoms with E-state index >= 15 is 0 Å². The van der Waals surface area contributed by atoms with Crippen LogP contribution in [0.5, 0.6) is 0 Å². The lowest BCUT2D eigenvalue weighted by molar-refractivity contribution is -0.140. The molecule has 27 heavy (non-hydrogen) atoms. The van der Waals surface area contributed by atoms with Crippen molar-refractivity contribution in [1.29, 1.82) is 0 Å². The Morgan fingerprint density at radius 3 is 2.81 bits per heavy atom. The first-order chi connectivity index (χ1) is 12.7. The van der Waals surface area contributed by atoms with Crippen LogP contribution in [0, 0.1) is 6.92 Å². The molecule has 1 saturated heterocycles. The highest BCUT2D eigenvalue weighted by Crippen LogP contribution is 2.24. The molecule has 0 radical (unpaired) electrons. The number of morpholine rings is 1. The first kappa shape index (κ1) is 23.7. The lowest BCUT2D eigenvalue weighted by atomic mass is 10.0. The highest BCUT2D eigenvalue weighted by molar-refractivity contribution is 14.0. The number of hydrogen-bond donors (Lipinski definition) is 1. The molecule has 1 aliphatic heterocycles. The summed E-state index contributed by atoms with van der Waals surface area (Å²) < 4.78 is 10.6. The van der Waals surface area contributed by atoms with Crippen LogP contribution < -0.4 is 5.32 Å². The lowest BCUT2D eigenvalue weighted by Crippen LogP contribution is -2.48. The van der Waals surface area contributed by atoms with Gasteiger partial charge in [0.2, 0.25) is 0 Å². The smallest absolute Gasteiger partial charge is 0.305 e. The first-order valence-electron chi connectivity index (χ1n) is 9.35. The maximum Gasteiger partial charge on any atom is 0.305 e. The van der Waals surface area contributed by atoms with E-state index in [0.717, 1.165) is 44.9 Å². The zero-order valence-electron chi connectivity index (χ0n) is 16.6. The van der Waals surface area contributed by atoms with Gasteiger partial charge in [-0.15, -0.1) is 24.0 Å². The molecule has 152 valence electrons. The van der Waals surface area contributed by atoms with E-state index in [1.54, 1.807) is 0 Å². The molecule has 0 bridgehead atoms. The number of aryl methyl sites for hydroxylation is 1. The molecule has 0 spiro atoms. The zero-order chi connectivity index (χ0) is 18.8. The molecule has 0 aliphatic carbocycles. The number of halogens is 1. The second kappa shape index (κ2) is 12.9. The molecular weight excluding hydrogens is 457 g/mol. The molecule has 1 aromatic rings. The summed E-state index contributed by atoms with van der Waals surface area (Å²) in [5, 5.41) is 3.43. The minimum atomic E-state index is -0.135. The third-order valence-corrected chi connectivity index (χ3v) is 4.68. The van der Waals surface area contributed by atoms with Crippen LogP contribution in [0.25, 0.3) is 0 Å². The Balaban J connectivity index is 0.00000364. The van der Waals surface area contributed by atoms with Gasteiger partial charge in [0, 0.05) is 26.6 Å². The van der Waals surface area contributed by atoms with Crippen molar-refractivity contribution in [3.05, 3.63) is 35.4 Å². The van der Waals surface area contributed by atoms with E-state index in [1.165, 1.54) is 18.2 Å². The van der Waals surface area contributed by atoms with Gasteiger partial charge in [-0.05, 0) is 30.9 Å². The molecule has 1 fully saturated rings. The van der Waals surface area contributed by atoms with E-state index in [2.05, 4.69) is 51.1 Å². The van der Waals surface area contributed by atoms with Crippen LogP contribution in [-0.4, -0.2) is 57.2 Å². The second-order valence-corrected chi connectivity index (χ2v) is 6.52. The standard InChI is InChI=1S/C20H31N3O3.HI/c1-16-9-6-7-10-17(16)18-15-23(13-14-26-18)20(21-2)22-12-8-4-5-11-19(24)25-3;/h6-7,9-10,18H,4-5,8,11-15H2,1-3H3,(H,21,22);1H. The molecule has 1 aliphatic rings. The summed E-state index contributed by atoms with van der Waals surface area (Å²) in [6, 6.07) is 8.38. The number of ether oxygens (including phenoxy) is 2. The van der Waals surface area contributed by atoms with Crippen LogP contribution in [0.15, 0.2) is 29.3 Å². The van der Waals surface area contributed by atoms with E-state index in [1.807, 2.05) is 7.05 Å². The highest BCUT2D eigenvalue weighted by Gasteiger charge is 2.24. The summed E-state index contributed by atoms with van der Waals surface area (Å²) in [4.78, 5) is 17.8. The van der Waals surface area contributed by atoms with Gasteiger partial charge in [0.05, 0.1) is 20.3 Å². The van der Waals surface area contributed by atoms with Crippen molar-refractivity contribution >= 4 is 35.9 Å². The predicted molar refractivity (Wildman–Crippen MR) is 119 cm³/mol. The minimum Gasteiger partial charge on any atom is -0.469 e. The number of aliphatic imine (C=N–C) groups is 1. The van der Waals surface area contributed by atoms with E-state index in [9.17, 15) is 4.79 Å². The van der Waals surface area contributed by atoms with Gasteiger partial charge >= 0.3 is 5.97 Å². The molecule has 6 nitrogen and oxygen atoms in total. The minimum absolute atomic E-state index is 0. The summed E-state index contributed by atoms with van der Waals surface area (Å²) in [6.07, 6.45) is 3.42. The van der Waals surface area contributed by atoms with E-state index in [-0.39, 0.29) is 36.0 Å². The average molecular weight is 489 g/mol. The van der Waals surface area contributed by atoms with Crippen LogP contribution in [-0.2, 0) is 14.3 Å². The number of guanidine groups is 1. The van der Waals surface area contributed by atoms with E-state index < -0.39 is 0 Å². The van der Waals surface area contributed by atoms with Gasteiger partial charge in [0.1, 0.15) is 6.10 Å². The molecular formula is C20H32IN3O3. The van der Waals surface area contributed by atoms with Crippen molar-refractivity contribution < 1.29 is 14.3 Å². The predicted octanol–water partition coefficient (Wildman–Crippen LogP) is 3.30. The summed E-state index contributed by atoms with van der Waals surface area (Å²) in [6.45, 7) is 5.30. The fraction of sp³-hybridized carbons (Fsp3) is 0.600. The molecule has 0 saturated carbocycles. The number of carbonyl (C=O) groups excluding carboxylic acids is 1. The van der Waals surface area contributed by atoms with Gasteiger partial charge in [-0.25, -0.2) is 0 Å². The molecule has 1 aromatic carbocycles. The van der Waals surface area contributed by atoms with Gasteiger partial charge in [-0.1, -0.05) is 30.7 Å². The van der Waals surface area contributed by atoms with Crippen LogP contribution in [0.2, 0.25) is 0 Å². The summed E-state index contributed by atoms with van der Waals surface area (Å²) in [5.41, 5.74) is 2.50. The van der Waals surface area contributed by atoms with Crippen molar-refractivity contribution in [1.82, 2.24) is 10.2 Å². The molecule has 2 rings (SSSR count). The molecule has 0 amide bonds. The number of nitrogens with zero attached hydrogens (tertiary/aromatic N) is 2. The third-order valence-electron chi connectivity index (χ3n) is 4.68. The summed E-state index contributed by atoms with van der Waals surface area (Å²) in [7, 11) is 3.25. The van der Waals surface area contributed by atoms with Gasteiger partial charge in [0.25, 0.3) is 0 Å². The van der Waals surface area contributed by atoms with Crippen molar-refractivity contribution in [2.75, 3.05) is 40.4 Å². The van der Waals surface area contributed by atoms with Crippen molar-refractivity contribution in [2.24, 2.45) is 4.99 Å². The number of unbranched alkanes of at least 4 members (excludes halogenated alkanes) is 2. The van der Waals surface area contributed by atoms with Crippen LogP contribution in [0.4, 0.5) is 0 Å². The van der Waals surface area contributed by atoms with Crippen molar-refractivity contribution in [3.63, 3.8) is 0 Å². The van der Waals surface area contributed by atoms with E-state index in [0.29, 0.717) is 13.0 Å². The molecule has 1 N–H and O–H groups in total. The molecule has 7 heteroatoms. The second-order valence-electron chi connectivity index (χ2n) is 6.52. The monoisotopic (exact) mass is 489 g/mol. The van der Waals surface area contributed by atoms with Crippen LogP contribution >= 0.6 is 24.0 Å². The number of benzene rings is 1. The van der Waals surface area contributed by atoms with E-state index in [4.69, 9.17) is 4.74 Å². The Kier molecular flexibility index (Phi) is 11.3. The molecule has 1 heterocycles. The van der Waals surface area contributed by atoms with Gasteiger partial charge < -0.3 is 19.7 Å². The fourth-order valence-corrected chi connectivity index (χ4v) is 3.18. The van der Waals surface area contributed by atoms with Crippen LogP contribution in [0.1, 0.15) is 42.9 Å². The van der Waals surface area contributed by atoms with Crippen molar-refractivity contribution in [3.8, 4) is 0 Å². The maximum absolute atomic E-state index is 11.1. The van der Waals surface area contributed by atoms with Crippen molar-refractivity contribution in [2.45, 2.75) is 38.7 Å². The van der Waals surface area contributed by atoms with Gasteiger partial charge in [-0.2, -0.15) is 0 Å². The number of rotatable bonds is 7. The summed E-state index contributed by atoms with van der Waals surface area (Å²) in [5.74, 6) is 0.782. The van der Waals surface area contributed by atoms with Crippen LogP contribution in [0.3, 0.4) is 0 Å². The zero-order valence-corrected chi connectivity index (χ0v) is 18.9. The number of hydrogen-bond acceptors (Lipinski definition) is 4. The largest absolute Gasteiger partial charge is 0.469 e. The Morgan fingerprint density at radius 2 is 2.11 bits per heavy atom. The average Bonchev–Trinajstić information content (AvgIpc) is 2.67. The number of methoxy groups -OCH3 is 1. The van der Waals surface area contributed by atoms with Gasteiger partial charge in [-0.3, -0.25) is 9.79 Å². The fourth-order valence-electron chi connectivity index (χ4n) is 3.18. The molecule has 0 aromatic heterocycles. The topological polar surface area (TPSA) is 63.2 Å². The Labute approximate surface area is 179 Å². The highest BCUT2D eigenvalue weighted by atomic mass is 127. The number of carbonyl (C=O) groups is 1. The Bertz CT molecular complexity index is 610. The first-order valence-corrected chi connectivity index (χ1v) is 9.35. The Morgan fingerprint density at radius 1 is 1.33 bits per heavy atom. The molecule has 1 atom stereocenters. The molecule has 1 unspecified atom stereocenters. The normalized spacial score (nSPS) is 17.2. The lowest BCUT2D eigenvalue weighted by Gasteiger charge is -2.35. The SMILES string of the molecule is CN=C(NCCCCCC(=O)OC)N1CCOC(c2ccccc2C)C1.I. The summed E-state index contributed by atoms with van der Waals surface area (Å²) >= 11 is 0. The number of nitrogens with one attached hydrogen (secondary N) is 1. The maximum atomic E-state index is 11.1. The quantitative estimate of drug-likeness (QED) is 0.210. The Hall–Kier alpha value is -1.35. The number of esters is 1. The van der Waals surface area contributed by atoms with Gasteiger partial charge in [0.15, 0.2) is 5.96 Å².